The first-order valence-corrected chi connectivity index (χ1v) is 6.97. The molecule has 0 aliphatic carbocycles. The summed E-state index contributed by atoms with van der Waals surface area (Å²) >= 11 is 10.8. The molecule has 0 aliphatic heterocycles. The Hall–Kier alpha value is -0.780. The van der Waals surface area contributed by atoms with Crippen LogP contribution >= 0.6 is 39.3 Å². The molecule has 6 heteroatoms. The van der Waals surface area contributed by atoms with Crippen molar-refractivity contribution in [1.82, 2.24) is 9.97 Å². The fraction of sp³-hybridized carbons (Fsp3) is 0.0909. The van der Waals surface area contributed by atoms with Crippen LogP contribution in [-0.2, 0) is 5.75 Å². The van der Waals surface area contributed by atoms with Gasteiger partial charge in [0.15, 0.2) is 5.16 Å². The van der Waals surface area contributed by atoms with E-state index in [1.165, 1.54) is 11.8 Å². The van der Waals surface area contributed by atoms with E-state index in [1.54, 1.807) is 6.07 Å². The molecule has 0 unspecified atom stereocenters. The molecule has 2 aromatic rings. The van der Waals surface area contributed by atoms with Crippen LogP contribution in [0.1, 0.15) is 5.56 Å². The van der Waals surface area contributed by atoms with E-state index in [2.05, 4.69) is 25.9 Å². The van der Waals surface area contributed by atoms with Gasteiger partial charge in [-0.05, 0) is 27.6 Å². The minimum Gasteiger partial charge on any atom is -0.384 e. The summed E-state index contributed by atoms with van der Waals surface area (Å²) in [6.07, 6.45) is 0. The summed E-state index contributed by atoms with van der Waals surface area (Å²) in [6, 6.07) is 9.38. The van der Waals surface area contributed by atoms with Gasteiger partial charge in [-0.2, -0.15) is 0 Å². The van der Waals surface area contributed by atoms with Gasteiger partial charge >= 0.3 is 0 Å². The molecule has 2 rings (SSSR count). The predicted octanol–water partition coefficient (Wildman–Crippen LogP) is 3.77. The van der Waals surface area contributed by atoms with Crippen molar-refractivity contribution >= 4 is 45.1 Å². The number of benzene rings is 1. The van der Waals surface area contributed by atoms with E-state index in [1.807, 2.05) is 24.3 Å². The second-order valence-electron chi connectivity index (χ2n) is 3.28. The Balaban J connectivity index is 2.10. The second kappa shape index (κ2) is 5.71. The molecule has 17 heavy (non-hydrogen) atoms. The van der Waals surface area contributed by atoms with E-state index in [4.69, 9.17) is 17.3 Å². The van der Waals surface area contributed by atoms with Gasteiger partial charge < -0.3 is 5.73 Å². The van der Waals surface area contributed by atoms with Gasteiger partial charge in [-0.15, -0.1) is 0 Å². The number of nitrogen functional groups attached to an aromatic ring is 1. The number of anilines is 1. The van der Waals surface area contributed by atoms with Crippen LogP contribution in [0, 0.1) is 0 Å². The summed E-state index contributed by atoms with van der Waals surface area (Å²) in [5, 5.41) is 1.39. The van der Waals surface area contributed by atoms with Gasteiger partial charge in [0, 0.05) is 16.8 Å². The molecular weight excluding hydrogens is 322 g/mol. The first-order chi connectivity index (χ1) is 8.15. The zero-order valence-electron chi connectivity index (χ0n) is 8.73. The second-order valence-corrected chi connectivity index (χ2v) is 5.44. The molecule has 1 heterocycles. The van der Waals surface area contributed by atoms with E-state index in [0.717, 1.165) is 16.3 Å². The molecule has 2 N–H and O–H groups in total. The summed E-state index contributed by atoms with van der Waals surface area (Å²) in [5.74, 6) is 1.17. The third-order valence-corrected chi connectivity index (χ3v) is 3.68. The summed E-state index contributed by atoms with van der Waals surface area (Å²) in [5.41, 5.74) is 6.69. The lowest BCUT2D eigenvalue weighted by Crippen LogP contribution is -1.95. The van der Waals surface area contributed by atoms with E-state index >= 15 is 0 Å². The number of hydrogen-bond acceptors (Lipinski definition) is 4. The third-order valence-electron chi connectivity index (χ3n) is 2.01. The maximum Gasteiger partial charge on any atom is 0.190 e. The van der Waals surface area contributed by atoms with Crippen molar-refractivity contribution in [3.05, 3.63) is 45.5 Å². The van der Waals surface area contributed by atoms with Crippen molar-refractivity contribution in [2.75, 3.05) is 5.73 Å². The van der Waals surface area contributed by atoms with Crippen LogP contribution in [0.15, 0.2) is 40.1 Å². The van der Waals surface area contributed by atoms with Crippen LogP contribution in [0.5, 0.6) is 0 Å². The lowest BCUT2D eigenvalue weighted by Gasteiger charge is -2.04. The van der Waals surface area contributed by atoms with Crippen LogP contribution in [0.25, 0.3) is 0 Å². The SMILES string of the molecule is Nc1cc(Br)nc(SCc2ccccc2Cl)n1. The maximum atomic E-state index is 6.06. The van der Waals surface area contributed by atoms with Gasteiger partial charge in [0.1, 0.15) is 10.4 Å². The highest BCUT2D eigenvalue weighted by Crippen LogP contribution is 2.25. The highest BCUT2D eigenvalue weighted by molar-refractivity contribution is 9.10. The van der Waals surface area contributed by atoms with Crippen molar-refractivity contribution in [2.45, 2.75) is 10.9 Å². The zero-order valence-corrected chi connectivity index (χ0v) is 11.9. The van der Waals surface area contributed by atoms with Crippen molar-refractivity contribution in [3.8, 4) is 0 Å². The number of hydrogen-bond donors (Lipinski definition) is 1. The Morgan fingerprint density at radius 2 is 2.06 bits per heavy atom. The molecule has 3 nitrogen and oxygen atoms in total. The Bertz CT molecular complexity index is 516. The Morgan fingerprint density at radius 1 is 1.29 bits per heavy atom. The standard InChI is InChI=1S/C11H9BrClN3S/c12-9-5-10(14)16-11(15-9)17-6-7-3-1-2-4-8(7)13/h1-5H,6H2,(H2,14,15,16). The minimum atomic E-state index is 0.452. The molecule has 0 spiro atoms. The quantitative estimate of drug-likeness (QED) is 0.529. The minimum absolute atomic E-state index is 0.452. The van der Waals surface area contributed by atoms with E-state index in [-0.39, 0.29) is 0 Å². The fourth-order valence-electron chi connectivity index (χ4n) is 1.24. The normalized spacial score (nSPS) is 10.5. The molecule has 0 saturated carbocycles. The van der Waals surface area contributed by atoms with Crippen molar-refractivity contribution in [2.24, 2.45) is 0 Å². The summed E-state index contributed by atoms with van der Waals surface area (Å²) in [7, 11) is 0. The van der Waals surface area contributed by atoms with E-state index in [9.17, 15) is 0 Å². The van der Waals surface area contributed by atoms with Crippen LogP contribution in [-0.4, -0.2) is 9.97 Å². The molecule has 0 aliphatic rings. The highest BCUT2D eigenvalue weighted by Gasteiger charge is 2.04. The van der Waals surface area contributed by atoms with Crippen LogP contribution in [0.4, 0.5) is 5.82 Å². The fourth-order valence-corrected chi connectivity index (χ4v) is 2.91. The molecule has 0 saturated heterocycles. The largest absolute Gasteiger partial charge is 0.384 e. The van der Waals surface area contributed by atoms with Crippen LogP contribution < -0.4 is 5.73 Å². The topological polar surface area (TPSA) is 51.8 Å². The number of nitrogens with two attached hydrogens (primary N) is 1. The zero-order chi connectivity index (χ0) is 12.3. The average Bonchev–Trinajstić information content (AvgIpc) is 2.27. The molecule has 0 bridgehead atoms. The van der Waals surface area contributed by atoms with Gasteiger partial charge in [0.05, 0.1) is 0 Å². The first-order valence-electron chi connectivity index (χ1n) is 4.81. The summed E-state index contributed by atoms with van der Waals surface area (Å²) in [4.78, 5) is 8.36. The Morgan fingerprint density at radius 3 is 2.76 bits per heavy atom. The van der Waals surface area contributed by atoms with Crippen LogP contribution in [0.3, 0.4) is 0 Å². The average molecular weight is 331 g/mol. The highest BCUT2D eigenvalue weighted by atomic mass is 79.9. The van der Waals surface area contributed by atoms with Crippen molar-refractivity contribution < 1.29 is 0 Å². The van der Waals surface area contributed by atoms with Crippen LogP contribution in [0.2, 0.25) is 5.02 Å². The number of nitrogens with zero attached hydrogens (tertiary/aromatic N) is 2. The number of thioether (sulfide) groups is 1. The molecule has 0 amide bonds. The summed E-state index contributed by atoms with van der Waals surface area (Å²) < 4.78 is 0.687. The predicted molar refractivity (Wildman–Crippen MR) is 75.2 cm³/mol. The van der Waals surface area contributed by atoms with E-state index < -0.39 is 0 Å². The van der Waals surface area contributed by atoms with Gasteiger partial charge in [0.25, 0.3) is 0 Å². The van der Waals surface area contributed by atoms with Gasteiger partial charge in [0.2, 0.25) is 0 Å². The van der Waals surface area contributed by atoms with Gasteiger partial charge in [-0.3, -0.25) is 0 Å². The molecular formula is C11H9BrClN3S. The lowest BCUT2D eigenvalue weighted by atomic mass is 10.2. The number of halogens is 2. The van der Waals surface area contributed by atoms with Gasteiger partial charge in [-0.1, -0.05) is 41.6 Å². The first kappa shape index (κ1) is 12.7. The molecule has 1 aromatic carbocycles. The molecule has 1 aromatic heterocycles. The molecule has 0 radical (unpaired) electrons. The van der Waals surface area contributed by atoms with Crippen molar-refractivity contribution in [3.63, 3.8) is 0 Å². The number of aromatic nitrogens is 2. The van der Waals surface area contributed by atoms with Crippen molar-refractivity contribution in [1.29, 1.82) is 0 Å². The number of rotatable bonds is 3. The summed E-state index contributed by atoms with van der Waals surface area (Å²) in [6.45, 7) is 0. The molecule has 0 atom stereocenters. The van der Waals surface area contributed by atoms with E-state index in [0.29, 0.717) is 15.6 Å². The Kier molecular flexibility index (Phi) is 4.25. The van der Waals surface area contributed by atoms with Gasteiger partial charge in [-0.25, -0.2) is 9.97 Å². The lowest BCUT2D eigenvalue weighted by molar-refractivity contribution is 0.956. The Labute approximate surface area is 117 Å². The molecule has 0 fully saturated rings. The molecule has 88 valence electrons. The maximum absolute atomic E-state index is 6.06. The monoisotopic (exact) mass is 329 g/mol. The smallest absolute Gasteiger partial charge is 0.190 e. The third kappa shape index (κ3) is 3.59.